The van der Waals surface area contributed by atoms with Gasteiger partial charge in [-0.15, -0.1) is 0 Å². The summed E-state index contributed by atoms with van der Waals surface area (Å²) in [6.45, 7) is 0.393. The van der Waals surface area contributed by atoms with Gasteiger partial charge in [0.05, 0.1) is 35.7 Å². The van der Waals surface area contributed by atoms with Crippen LogP contribution in [0.5, 0.6) is 0 Å². The van der Waals surface area contributed by atoms with Gasteiger partial charge < -0.3 is 15.7 Å². The Bertz CT molecular complexity index is 1160. The van der Waals surface area contributed by atoms with E-state index in [1.165, 1.54) is 6.07 Å². The molecule has 4 rings (SSSR count). The van der Waals surface area contributed by atoms with Crippen LogP contribution >= 0.6 is 0 Å². The molecule has 2 amide bonds. The fourth-order valence-electron chi connectivity index (χ4n) is 5.30. The van der Waals surface area contributed by atoms with Crippen molar-refractivity contribution >= 4 is 11.8 Å². The number of alkyl halides is 3. The summed E-state index contributed by atoms with van der Waals surface area (Å²) in [5.74, 6) is -1.33. The van der Waals surface area contributed by atoms with Gasteiger partial charge in [0.2, 0.25) is 5.91 Å². The number of nitriles is 1. The molecule has 3 N–H and O–H groups in total. The second kappa shape index (κ2) is 10.9. The summed E-state index contributed by atoms with van der Waals surface area (Å²) in [6.07, 6.45) is -2.35. The molecule has 0 spiro atoms. The SMILES string of the molecule is N#CC1(c2ccccc2)CCC(N2CC(O)[C@@H](NC(=O)CNC(=O)c3cccc(C(F)(F)F)c3)C2)CC1. The molecule has 1 aliphatic carbocycles. The molecule has 2 aromatic rings. The van der Waals surface area contributed by atoms with E-state index in [4.69, 9.17) is 0 Å². The number of likely N-dealkylation sites (tertiary alicyclic amines) is 1. The first-order chi connectivity index (χ1) is 17.6. The van der Waals surface area contributed by atoms with Crippen molar-refractivity contribution in [1.82, 2.24) is 15.5 Å². The van der Waals surface area contributed by atoms with E-state index in [2.05, 4.69) is 21.6 Å². The number of carbonyl (C=O) groups is 2. The molecular weight excluding hydrogens is 485 g/mol. The second-order valence-electron chi connectivity index (χ2n) is 9.75. The highest BCUT2D eigenvalue weighted by Crippen LogP contribution is 2.41. The number of carbonyl (C=O) groups excluding carboxylic acids is 2. The van der Waals surface area contributed by atoms with E-state index >= 15 is 0 Å². The number of halogens is 3. The van der Waals surface area contributed by atoms with E-state index in [0.717, 1.165) is 36.6 Å². The van der Waals surface area contributed by atoms with Gasteiger partial charge in [-0.1, -0.05) is 36.4 Å². The Labute approximate surface area is 213 Å². The molecule has 10 heteroatoms. The van der Waals surface area contributed by atoms with Crippen LogP contribution in [0.15, 0.2) is 54.6 Å². The second-order valence-corrected chi connectivity index (χ2v) is 9.75. The average molecular weight is 515 g/mol. The summed E-state index contributed by atoms with van der Waals surface area (Å²) in [7, 11) is 0. The first-order valence-electron chi connectivity index (χ1n) is 12.2. The Morgan fingerprint density at radius 3 is 2.43 bits per heavy atom. The number of benzene rings is 2. The van der Waals surface area contributed by atoms with Crippen LogP contribution in [-0.2, 0) is 16.4 Å². The van der Waals surface area contributed by atoms with Crippen LogP contribution in [0, 0.1) is 11.3 Å². The minimum absolute atomic E-state index is 0.183. The normalized spacial score (nSPS) is 26.3. The Morgan fingerprint density at radius 2 is 1.78 bits per heavy atom. The van der Waals surface area contributed by atoms with Crippen molar-refractivity contribution in [2.24, 2.45) is 0 Å². The molecule has 1 saturated heterocycles. The van der Waals surface area contributed by atoms with Crippen LogP contribution in [0.25, 0.3) is 0 Å². The molecule has 1 heterocycles. The van der Waals surface area contributed by atoms with Gasteiger partial charge in [-0.2, -0.15) is 18.4 Å². The zero-order chi connectivity index (χ0) is 26.6. The highest BCUT2D eigenvalue weighted by Gasteiger charge is 2.42. The number of nitrogens with zero attached hydrogens (tertiary/aromatic N) is 2. The Kier molecular flexibility index (Phi) is 7.85. The number of nitrogens with one attached hydrogen (secondary N) is 2. The van der Waals surface area contributed by atoms with Crippen molar-refractivity contribution in [3.8, 4) is 6.07 Å². The maximum absolute atomic E-state index is 12.9. The minimum Gasteiger partial charge on any atom is -0.390 e. The standard InChI is InChI=1S/C27H29F3N4O3/c28-27(29,30)20-8-4-5-18(13-20)25(37)32-14-24(36)33-22-15-34(16-23(22)35)21-9-11-26(17-31,12-10-21)19-6-2-1-3-7-19/h1-8,13,21-23,35H,9-12,14-16H2,(H,32,37)(H,33,36)/t21?,22-,23?,26?/m0/s1. The fraction of sp³-hybridized carbons (Fsp3) is 0.444. The highest BCUT2D eigenvalue weighted by molar-refractivity contribution is 5.96. The van der Waals surface area contributed by atoms with E-state index in [1.54, 1.807) is 0 Å². The third-order valence-corrected chi connectivity index (χ3v) is 7.39. The number of aliphatic hydroxyl groups excluding tert-OH is 1. The molecule has 1 saturated carbocycles. The number of amides is 2. The largest absolute Gasteiger partial charge is 0.416 e. The van der Waals surface area contributed by atoms with E-state index in [1.807, 2.05) is 30.3 Å². The van der Waals surface area contributed by atoms with Crippen molar-refractivity contribution in [3.63, 3.8) is 0 Å². The van der Waals surface area contributed by atoms with Crippen LogP contribution in [0.2, 0.25) is 0 Å². The lowest BCUT2D eigenvalue weighted by Crippen LogP contribution is -2.47. The quantitative estimate of drug-likeness (QED) is 0.550. The van der Waals surface area contributed by atoms with Crippen LogP contribution in [0.1, 0.15) is 47.2 Å². The average Bonchev–Trinajstić information content (AvgIpc) is 3.27. The molecule has 1 unspecified atom stereocenters. The summed E-state index contributed by atoms with van der Waals surface area (Å²) >= 11 is 0. The summed E-state index contributed by atoms with van der Waals surface area (Å²) in [5, 5.41) is 25.5. The number of β-amino-alcohol motifs (C(OH)–C–C–N with tert-alkyl or cyclic N) is 1. The summed E-state index contributed by atoms with van der Waals surface area (Å²) < 4.78 is 38.6. The molecule has 2 atom stereocenters. The van der Waals surface area contributed by atoms with Crippen molar-refractivity contribution < 1.29 is 27.9 Å². The smallest absolute Gasteiger partial charge is 0.390 e. The zero-order valence-electron chi connectivity index (χ0n) is 20.2. The van der Waals surface area contributed by atoms with Crippen LogP contribution < -0.4 is 10.6 Å². The monoisotopic (exact) mass is 514 g/mol. The Hall–Kier alpha value is -3.42. The van der Waals surface area contributed by atoms with Crippen molar-refractivity contribution in [1.29, 1.82) is 5.26 Å². The molecule has 2 fully saturated rings. The third-order valence-electron chi connectivity index (χ3n) is 7.39. The van der Waals surface area contributed by atoms with Crippen molar-refractivity contribution in [2.45, 2.75) is 55.5 Å². The zero-order valence-corrected chi connectivity index (χ0v) is 20.2. The van der Waals surface area contributed by atoms with Gasteiger partial charge in [-0.3, -0.25) is 14.5 Å². The predicted octanol–water partition coefficient (Wildman–Crippen LogP) is 3.00. The molecule has 37 heavy (non-hydrogen) atoms. The van der Waals surface area contributed by atoms with Gasteiger partial charge in [0.15, 0.2) is 0 Å². The van der Waals surface area contributed by atoms with E-state index < -0.39 is 47.7 Å². The molecule has 196 valence electrons. The molecule has 2 aromatic carbocycles. The van der Waals surface area contributed by atoms with Crippen molar-refractivity contribution in [2.75, 3.05) is 19.6 Å². The van der Waals surface area contributed by atoms with E-state index in [-0.39, 0.29) is 11.6 Å². The molecule has 7 nitrogen and oxygen atoms in total. The highest BCUT2D eigenvalue weighted by atomic mass is 19.4. The van der Waals surface area contributed by atoms with E-state index in [0.29, 0.717) is 25.9 Å². The maximum Gasteiger partial charge on any atom is 0.416 e. The fourth-order valence-corrected chi connectivity index (χ4v) is 5.30. The number of hydrogen-bond donors (Lipinski definition) is 3. The predicted molar refractivity (Wildman–Crippen MR) is 129 cm³/mol. The summed E-state index contributed by atoms with van der Waals surface area (Å²) in [5.41, 5.74) is -0.635. The van der Waals surface area contributed by atoms with Gasteiger partial charge in [0, 0.05) is 24.7 Å². The third kappa shape index (κ3) is 6.12. The molecule has 2 aliphatic rings. The lowest BCUT2D eigenvalue weighted by Gasteiger charge is -2.39. The molecule has 0 aromatic heterocycles. The van der Waals surface area contributed by atoms with Gasteiger partial charge >= 0.3 is 6.18 Å². The lowest BCUT2D eigenvalue weighted by molar-refractivity contribution is -0.137. The van der Waals surface area contributed by atoms with Crippen LogP contribution in [0.3, 0.4) is 0 Å². The van der Waals surface area contributed by atoms with Crippen LogP contribution in [-0.4, -0.2) is 59.6 Å². The van der Waals surface area contributed by atoms with Crippen LogP contribution in [0.4, 0.5) is 13.2 Å². The van der Waals surface area contributed by atoms with Gasteiger partial charge in [0.25, 0.3) is 5.91 Å². The number of aliphatic hydroxyl groups is 1. The lowest BCUT2D eigenvalue weighted by atomic mass is 9.69. The number of hydrogen-bond acceptors (Lipinski definition) is 5. The molecule has 0 radical (unpaired) electrons. The van der Waals surface area contributed by atoms with E-state index in [9.17, 15) is 33.1 Å². The minimum atomic E-state index is -4.58. The van der Waals surface area contributed by atoms with Gasteiger partial charge in [0.1, 0.15) is 0 Å². The topological polar surface area (TPSA) is 105 Å². The van der Waals surface area contributed by atoms with Gasteiger partial charge in [-0.05, 0) is 49.4 Å². The first kappa shape index (κ1) is 26.6. The summed E-state index contributed by atoms with van der Waals surface area (Å²) in [6, 6.07) is 15.9. The summed E-state index contributed by atoms with van der Waals surface area (Å²) in [4.78, 5) is 26.8. The maximum atomic E-state index is 12.9. The molecular formula is C27H29F3N4O3. The van der Waals surface area contributed by atoms with Gasteiger partial charge in [-0.25, -0.2) is 0 Å². The number of rotatable bonds is 6. The first-order valence-corrected chi connectivity index (χ1v) is 12.2. The Balaban J connectivity index is 1.26. The Morgan fingerprint density at radius 1 is 1.08 bits per heavy atom. The molecule has 0 bridgehead atoms. The van der Waals surface area contributed by atoms with Crippen molar-refractivity contribution in [3.05, 3.63) is 71.3 Å². The molecule has 1 aliphatic heterocycles.